The molecule has 134 valence electrons. The molecule has 4 nitrogen and oxygen atoms in total. The highest BCUT2D eigenvalue weighted by atomic mass is 32.1. The van der Waals surface area contributed by atoms with Gasteiger partial charge in [-0.3, -0.25) is 4.79 Å². The third kappa shape index (κ3) is 3.27. The Morgan fingerprint density at radius 2 is 2.23 bits per heavy atom. The summed E-state index contributed by atoms with van der Waals surface area (Å²) in [6, 6.07) is 10.2. The number of rotatable bonds is 5. The van der Waals surface area contributed by atoms with Crippen LogP contribution in [0, 0.1) is 6.92 Å². The number of methoxy groups -OCH3 is 1. The Morgan fingerprint density at radius 3 is 3.00 bits per heavy atom. The van der Waals surface area contributed by atoms with Crippen LogP contribution in [0.4, 0.5) is 0 Å². The van der Waals surface area contributed by atoms with Crippen LogP contribution < -0.4 is 10.1 Å². The van der Waals surface area contributed by atoms with Gasteiger partial charge in [0, 0.05) is 4.88 Å². The molecule has 6 heteroatoms. The van der Waals surface area contributed by atoms with Gasteiger partial charge in [-0.15, -0.1) is 22.7 Å². The monoisotopic (exact) mass is 384 g/mol. The van der Waals surface area contributed by atoms with Crippen molar-refractivity contribution in [3.05, 3.63) is 56.7 Å². The molecule has 4 rings (SSSR count). The second-order valence-electron chi connectivity index (χ2n) is 6.35. The molecule has 1 aliphatic rings. The first kappa shape index (κ1) is 17.2. The highest BCUT2D eigenvalue weighted by molar-refractivity contribution is 7.15. The van der Waals surface area contributed by atoms with Gasteiger partial charge < -0.3 is 10.1 Å². The molecule has 0 bridgehead atoms. The van der Waals surface area contributed by atoms with Crippen molar-refractivity contribution < 1.29 is 9.53 Å². The smallest absolute Gasteiger partial charge is 0.225 e. The summed E-state index contributed by atoms with van der Waals surface area (Å²) in [7, 11) is 1.69. The molecule has 2 heterocycles. The molecular formula is C20H20N2O2S2. The lowest BCUT2D eigenvalue weighted by Gasteiger charge is -2.14. The maximum atomic E-state index is 12.7. The van der Waals surface area contributed by atoms with E-state index >= 15 is 0 Å². The SMILES string of the molecule is COc1cccc2c1CCC2NC(=O)Cc1sc(C)nc1-c1cccs1. The van der Waals surface area contributed by atoms with Gasteiger partial charge in [0.2, 0.25) is 5.91 Å². The van der Waals surface area contributed by atoms with Gasteiger partial charge in [-0.1, -0.05) is 18.2 Å². The zero-order valence-electron chi connectivity index (χ0n) is 14.7. The van der Waals surface area contributed by atoms with Gasteiger partial charge in [-0.05, 0) is 48.4 Å². The number of aromatic nitrogens is 1. The maximum Gasteiger partial charge on any atom is 0.225 e. The predicted octanol–water partition coefficient (Wildman–Crippen LogP) is 4.53. The van der Waals surface area contributed by atoms with E-state index in [0.717, 1.165) is 39.0 Å². The van der Waals surface area contributed by atoms with Gasteiger partial charge in [0.15, 0.2) is 0 Å². The third-order valence-corrected chi connectivity index (χ3v) is 6.51. The Bertz CT molecular complexity index is 931. The second-order valence-corrected chi connectivity index (χ2v) is 8.58. The summed E-state index contributed by atoms with van der Waals surface area (Å²) in [5.41, 5.74) is 3.34. The molecular weight excluding hydrogens is 364 g/mol. The predicted molar refractivity (Wildman–Crippen MR) is 106 cm³/mol. The molecule has 0 radical (unpaired) electrons. The zero-order chi connectivity index (χ0) is 18.1. The van der Waals surface area contributed by atoms with Gasteiger partial charge >= 0.3 is 0 Å². The first-order valence-electron chi connectivity index (χ1n) is 8.61. The maximum absolute atomic E-state index is 12.7. The third-order valence-electron chi connectivity index (χ3n) is 4.66. The van der Waals surface area contributed by atoms with Crippen LogP contribution in [0.2, 0.25) is 0 Å². The van der Waals surface area contributed by atoms with E-state index in [4.69, 9.17) is 4.74 Å². The first-order chi connectivity index (χ1) is 12.7. The first-order valence-corrected chi connectivity index (χ1v) is 10.3. The van der Waals surface area contributed by atoms with E-state index in [1.165, 1.54) is 11.1 Å². The fourth-order valence-corrected chi connectivity index (χ4v) is 5.30. The summed E-state index contributed by atoms with van der Waals surface area (Å²) < 4.78 is 5.45. The van der Waals surface area contributed by atoms with Crippen molar-refractivity contribution in [2.45, 2.75) is 32.2 Å². The zero-order valence-corrected chi connectivity index (χ0v) is 16.4. The van der Waals surface area contributed by atoms with E-state index in [2.05, 4.69) is 22.4 Å². The van der Waals surface area contributed by atoms with Crippen molar-refractivity contribution in [1.29, 1.82) is 0 Å². The fraction of sp³-hybridized carbons (Fsp3) is 0.300. The lowest BCUT2D eigenvalue weighted by atomic mass is 10.1. The topological polar surface area (TPSA) is 51.2 Å². The molecule has 1 N–H and O–H groups in total. The quantitative estimate of drug-likeness (QED) is 0.703. The molecule has 0 saturated heterocycles. The van der Waals surface area contributed by atoms with Crippen molar-refractivity contribution in [1.82, 2.24) is 10.3 Å². The van der Waals surface area contributed by atoms with E-state index in [-0.39, 0.29) is 11.9 Å². The van der Waals surface area contributed by atoms with E-state index in [1.807, 2.05) is 30.5 Å². The van der Waals surface area contributed by atoms with Crippen LogP contribution in [0.3, 0.4) is 0 Å². The summed E-state index contributed by atoms with van der Waals surface area (Å²) in [4.78, 5) is 19.5. The molecule has 0 saturated carbocycles. The molecule has 0 fully saturated rings. The van der Waals surface area contributed by atoms with Crippen LogP contribution in [0.25, 0.3) is 10.6 Å². The average Bonchev–Trinajstić information content (AvgIpc) is 3.35. The van der Waals surface area contributed by atoms with Crippen LogP contribution in [0.5, 0.6) is 5.75 Å². The van der Waals surface area contributed by atoms with Gasteiger partial charge in [-0.25, -0.2) is 4.98 Å². The van der Waals surface area contributed by atoms with Crippen LogP contribution in [-0.2, 0) is 17.6 Å². The number of benzene rings is 1. The number of thiophene rings is 1. The number of carbonyl (C=O) groups excluding carboxylic acids is 1. The summed E-state index contributed by atoms with van der Waals surface area (Å²) in [6.07, 6.45) is 2.22. The van der Waals surface area contributed by atoms with Crippen molar-refractivity contribution in [2.24, 2.45) is 0 Å². The standard InChI is InChI=1S/C20H20N2O2S2/c1-12-21-20(17-7-4-10-25-17)18(26-12)11-19(23)22-15-9-8-14-13(15)5-3-6-16(14)24-2/h3-7,10,15H,8-9,11H2,1-2H3,(H,22,23). The van der Waals surface area contributed by atoms with Gasteiger partial charge in [0.05, 0.1) is 35.2 Å². The van der Waals surface area contributed by atoms with Crippen molar-refractivity contribution in [3.63, 3.8) is 0 Å². The molecule has 26 heavy (non-hydrogen) atoms. The number of hydrogen-bond acceptors (Lipinski definition) is 5. The summed E-state index contributed by atoms with van der Waals surface area (Å²) in [6.45, 7) is 1.99. The number of thiazole rings is 1. The largest absolute Gasteiger partial charge is 0.496 e. The van der Waals surface area contributed by atoms with Crippen molar-refractivity contribution >= 4 is 28.6 Å². The summed E-state index contributed by atoms with van der Waals surface area (Å²) in [5.74, 6) is 0.962. The minimum Gasteiger partial charge on any atom is -0.496 e. The van der Waals surface area contributed by atoms with Crippen LogP contribution in [-0.4, -0.2) is 18.0 Å². The van der Waals surface area contributed by atoms with Crippen molar-refractivity contribution in [2.75, 3.05) is 7.11 Å². The fourth-order valence-electron chi connectivity index (χ4n) is 3.55. The highest BCUT2D eigenvalue weighted by Gasteiger charge is 2.27. The van der Waals surface area contributed by atoms with Gasteiger partial charge in [0.1, 0.15) is 5.75 Å². The van der Waals surface area contributed by atoms with Crippen LogP contribution >= 0.6 is 22.7 Å². The van der Waals surface area contributed by atoms with Gasteiger partial charge in [0.25, 0.3) is 0 Å². The lowest BCUT2D eigenvalue weighted by molar-refractivity contribution is -0.121. The number of fused-ring (bicyclic) bond motifs is 1. The molecule has 1 unspecified atom stereocenters. The normalized spacial score (nSPS) is 15.7. The van der Waals surface area contributed by atoms with Crippen LogP contribution in [0.1, 0.15) is 33.5 Å². The number of carbonyl (C=O) groups is 1. The number of aryl methyl sites for hydroxylation is 1. The molecule has 0 aliphatic heterocycles. The van der Waals surface area contributed by atoms with E-state index < -0.39 is 0 Å². The summed E-state index contributed by atoms with van der Waals surface area (Å²) in [5, 5.41) is 6.24. The van der Waals surface area contributed by atoms with Crippen LogP contribution in [0.15, 0.2) is 35.7 Å². The second kappa shape index (κ2) is 7.21. The molecule has 1 aromatic carbocycles. The van der Waals surface area contributed by atoms with E-state index in [9.17, 15) is 4.79 Å². The number of ether oxygens (including phenoxy) is 1. The Morgan fingerprint density at radius 1 is 1.35 bits per heavy atom. The summed E-state index contributed by atoms with van der Waals surface area (Å²) >= 11 is 3.26. The Balaban J connectivity index is 1.50. The molecule has 1 amide bonds. The number of hydrogen-bond donors (Lipinski definition) is 1. The Hall–Kier alpha value is -2.18. The highest BCUT2D eigenvalue weighted by Crippen LogP contribution is 2.37. The van der Waals surface area contributed by atoms with E-state index in [0.29, 0.717) is 6.42 Å². The molecule has 2 aromatic heterocycles. The molecule has 1 atom stereocenters. The number of amides is 1. The minimum absolute atomic E-state index is 0.0483. The molecule has 1 aliphatic carbocycles. The Kier molecular flexibility index (Phi) is 4.78. The number of nitrogens with one attached hydrogen (secondary N) is 1. The molecule has 0 spiro atoms. The van der Waals surface area contributed by atoms with Gasteiger partial charge in [-0.2, -0.15) is 0 Å². The number of nitrogens with zero attached hydrogens (tertiary/aromatic N) is 1. The lowest BCUT2D eigenvalue weighted by Crippen LogP contribution is -2.28. The minimum atomic E-state index is 0.0483. The Labute approximate surface area is 160 Å². The van der Waals surface area contributed by atoms with E-state index in [1.54, 1.807) is 29.8 Å². The molecule has 3 aromatic rings. The average molecular weight is 385 g/mol. The van der Waals surface area contributed by atoms with Crippen molar-refractivity contribution in [3.8, 4) is 16.3 Å².